The number of H-pyrrole nitrogens is 1. The third-order valence-corrected chi connectivity index (χ3v) is 2.36. The highest BCUT2D eigenvalue weighted by molar-refractivity contribution is 5.92. The zero-order chi connectivity index (χ0) is 12.0. The maximum Gasteiger partial charge on any atom is 0.306 e. The molecule has 5 heteroatoms. The summed E-state index contributed by atoms with van der Waals surface area (Å²) in [4.78, 5) is 24.7. The summed E-state index contributed by atoms with van der Waals surface area (Å²) >= 11 is 0. The number of rotatable bonds is 6. The predicted octanol–water partition coefficient (Wildman–Crippen LogP) is 1.25. The highest BCUT2D eigenvalue weighted by Crippen LogP contribution is 2.04. The number of aromatic nitrogens is 1. The number of amides is 1. The Balaban J connectivity index is 2.17. The van der Waals surface area contributed by atoms with Gasteiger partial charge in [0.1, 0.15) is 5.69 Å². The molecule has 1 amide bonds. The molecule has 16 heavy (non-hydrogen) atoms. The lowest BCUT2D eigenvalue weighted by molar-refractivity contribution is -0.141. The van der Waals surface area contributed by atoms with E-state index in [1.807, 2.05) is 0 Å². The van der Waals surface area contributed by atoms with Gasteiger partial charge in [-0.25, -0.2) is 0 Å². The van der Waals surface area contributed by atoms with Crippen molar-refractivity contribution >= 4 is 11.9 Å². The number of nitrogens with one attached hydrogen (secondary N) is 2. The van der Waals surface area contributed by atoms with E-state index in [9.17, 15) is 9.59 Å². The molecule has 0 fully saturated rings. The van der Waals surface area contributed by atoms with Crippen molar-refractivity contribution in [2.75, 3.05) is 6.54 Å². The van der Waals surface area contributed by atoms with Crippen LogP contribution in [0.25, 0.3) is 0 Å². The second-order valence-electron chi connectivity index (χ2n) is 3.72. The highest BCUT2D eigenvalue weighted by atomic mass is 16.4. The maximum absolute atomic E-state index is 11.4. The fraction of sp³-hybridized carbons (Fsp3) is 0.455. The van der Waals surface area contributed by atoms with Crippen LogP contribution in [0.3, 0.4) is 0 Å². The molecule has 0 aliphatic heterocycles. The topological polar surface area (TPSA) is 82.2 Å². The van der Waals surface area contributed by atoms with Crippen molar-refractivity contribution < 1.29 is 14.7 Å². The number of hydrogen-bond acceptors (Lipinski definition) is 2. The molecule has 1 aromatic heterocycles. The van der Waals surface area contributed by atoms with Crippen molar-refractivity contribution in [2.24, 2.45) is 5.92 Å². The average molecular weight is 224 g/mol. The molecule has 1 atom stereocenters. The van der Waals surface area contributed by atoms with Crippen LogP contribution in [-0.4, -0.2) is 28.5 Å². The third kappa shape index (κ3) is 3.76. The van der Waals surface area contributed by atoms with E-state index >= 15 is 0 Å². The Hall–Kier alpha value is -1.78. The van der Waals surface area contributed by atoms with Gasteiger partial charge in [-0.3, -0.25) is 9.59 Å². The molecule has 0 spiro atoms. The summed E-state index contributed by atoms with van der Waals surface area (Å²) < 4.78 is 0. The van der Waals surface area contributed by atoms with Gasteiger partial charge in [-0.05, 0) is 25.0 Å². The number of aromatic amines is 1. The van der Waals surface area contributed by atoms with Gasteiger partial charge in [0.15, 0.2) is 0 Å². The quantitative estimate of drug-likeness (QED) is 0.636. The van der Waals surface area contributed by atoms with Crippen molar-refractivity contribution in [1.29, 1.82) is 0 Å². The lowest BCUT2D eigenvalue weighted by Gasteiger charge is -2.06. The van der Waals surface area contributed by atoms with Gasteiger partial charge in [-0.1, -0.05) is 6.92 Å². The molecule has 1 heterocycles. The van der Waals surface area contributed by atoms with Crippen molar-refractivity contribution in [3.8, 4) is 0 Å². The third-order valence-electron chi connectivity index (χ3n) is 2.36. The Morgan fingerprint density at radius 3 is 2.88 bits per heavy atom. The fourth-order valence-electron chi connectivity index (χ4n) is 1.30. The number of carboxylic acids is 1. The first-order chi connectivity index (χ1) is 7.61. The Kier molecular flexibility index (Phi) is 4.57. The summed E-state index contributed by atoms with van der Waals surface area (Å²) in [7, 11) is 0. The van der Waals surface area contributed by atoms with E-state index in [1.165, 1.54) is 0 Å². The van der Waals surface area contributed by atoms with Gasteiger partial charge >= 0.3 is 5.97 Å². The minimum atomic E-state index is -0.796. The second-order valence-corrected chi connectivity index (χ2v) is 3.72. The summed E-state index contributed by atoms with van der Waals surface area (Å²) in [6.45, 7) is 2.16. The minimum Gasteiger partial charge on any atom is -0.481 e. The van der Waals surface area contributed by atoms with Gasteiger partial charge in [0, 0.05) is 12.7 Å². The van der Waals surface area contributed by atoms with Crippen LogP contribution in [0.1, 0.15) is 30.3 Å². The van der Waals surface area contributed by atoms with Crippen molar-refractivity contribution in [2.45, 2.75) is 19.8 Å². The molecule has 0 aliphatic rings. The molecular formula is C11H16N2O3. The standard InChI is InChI=1S/C11H16N2O3/c1-8(11(15)16)4-2-7-13-10(14)9-5-3-6-12-9/h3,5-6,8,12H,2,4,7H2,1H3,(H,13,14)(H,15,16). The van der Waals surface area contributed by atoms with E-state index in [2.05, 4.69) is 10.3 Å². The molecule has 88 valence electrons. The van der Waals surface area contributed by atoms with Crippen molar-refractivity contribution in [3.63, 3.8) is 0 Å². The van der Waals surface area contributed by atoms with E-state index in [0.717, 1.165) is 0 Å². The number of carbonyl (C=O) groups is 2. The zero-order valence-corrected chi connectivity index (χ0v) is 9.19. The number of hydrogen-bond donors (Lipinski definition) is 3. The molecule has 1 aromatic rings. The van der Waals surface area contributed by atoms with Crippen LogP contribution in [0, 0.1) is 5.92 Å². The van der Waals surface area contributed by atoms with E-state index in [-0.39, 0.29) is 11.8 Å². The maximum atomic E-state index is 11.4. The number of carboxylic acid groups (broad SMARTS) is 1. The van der Waals surface area contributed by atoms with E-state index in [4.69, 9.17) is 5.11 Å². The summed E-state index contributed by atoms with van der Waals surface area (Å²) in [6, 6.07) is 3.44. The molecule has 0 saturated carbocycles. The SMILES string of the molecule is CC(CCCNC(=O)c1ccc[nH]1)C(=O)O. The van der Waals surface area contributed by atoms with Gasteiger partial charge in [-0.2, -0.15) is 0 Å². The molecule has 1 unspecified atom stereocenters. The number of aliphatic carboxylic acids is 1. The van der Waals surface area contributed by atoms with Gasteiger partial charge in [0.2, 0.25) is 0 Å². The summed E-state index contributed by atoms with van der Waals surface area (Å²) in [5.41, 5.74) is 0.520. The minimum absolute atomic E-state index is 0.159. The molecule has 0 saturated heterocycles. The molecule has 0 bridgehead atoms. The molecule has 0 aliphatic carbocycles. The molecule has 0 radical (unpaired) electrons. The van der Waals surface area contributed by atoms with Crippen molar-refractivity contribution in [3.05, 3.63) is 24.0 Å². The monoisotopic (exact) mass is 224 g/mol. The van der Waals surface area contributed by atoms with Gasteiger partial charge < -0.3 is 15.4 Å². The normalized spacial score (nSPS) is 12.1. The smallest absolute Gasteiger partial charge is 0.306 e. The van der Waals surface area contributed by atoms with E-state index < -0.39 is 5.97 Å². The number of carbonyl (C=O) groups excluding carboxylic acids is 1. The molecule has 3 N–H and O–H groups in total. The second kappa shape index (κ2) is 5.95. The van der Waals surface area contributed by atoms with Crippen LogP contribution in [0.4, 0.5) is 0 Å². The van der Waals surface area contributed by atoms with Crippen LogP contribution in [0.5, 0.6) is 0 Å². The van der Waals surface area contributed by atoms with E-state index in [1.54, 1.807) is 25.3 Å². The first kappa shape index (κ1) is 12.3. The predicted molar refractivity (Wildman–Crippen MR) is 59.2 cm³/mol. The van der Waals surface area contributed by atoms with Crippen molar-refractivity contribution in [1.82, 2.24) is 10.3 Å². The Morgan fingerprint density at radius 1 is 1.56 bits per heavy atom. The van der Waals surface area contributed by atoms with Gasteiger partial charge in [0.05, 0.1) is 5.92 Å². The van der Waals surface area contributed by atoms with Gasteiger partial charge in [0.25, 0.3) is 5.91 Å². The fourth-order valence-corrected chi connectivity index (χ4v) is 1.30. The lowest BCUT2D eigenvalue weighted by atomic mass is 10.1. The Bertz CT molecular complexity index is 346. The molecular weight excluding hydrogens is 208 g/mol. The molecule has 1 rings (SSSR count). The Labute approximate surface area is 93.9 Å². The zero-order valence-electron chi connectivity index (χ0n) is 9.19. The van der Waals surface area contributed by atoms with Crippen LogP contribution in [0.15, 0.2) is 18.3 Å². The Morgan fingerprint density at radius 2 is 2.31 bits per heavy atom. The first-order valence-electron chi connectivity index (χ1n) is 5.25. The van der Waals surface area contributed by atoms with Crippen LogP contribution in [0.2, 0.25) is 0 Å². The van der Waals surface area contributed by atoms with E-state index in [0.29, 0.717) is 25.1 Å². The summed E-state index contributed by atoms with van der Waals surface area (Å²) in [6.07, 6.45) is 2.92. The summed E-state index contributed by atoms with van der Waals surface area (Å²) in [5.74, 6) is -1.31. The molecule has 0 aromatic carbocycles. The van der Waals surface area contributed by atoms with Crippen LogP contribution in [-0.2, 0) is 4.79 Å². The average Bonchev–Trinajstić information content (AvgIpc) is 2.76. The largest absolute Gasteiger partial charge is 0.481 e. The van der Waals surface area contributed by atoms with Crippen LogP contribution >= 0.6 is 0 Å². The first-order valence-corrected chi connectivity index (χ1v) is 5.25. The highest BCUT2D eigenvalue weighted by Gasteiger charge is 2.10. The van der Waals surface area contributed by atoms with Crippen LogP contribution < -0.4 is 5.32 Å². The lowest BCUT2D eigenvalue weighted by Crippen LogP contribution is -2.25. The summed E-state index contributed by atoms with van der Waals surface area (Å²) in [5, 5.41) is 11.4. The van der Waals surface area contributed by atoms with Gasteiger partial charge in [-0.15, -0.1) is 0 Å². The molecule has 5 nitrogen and oxygen atoms in total.